The second kappa shape index (κ2) is 6.38. The number of benzene rings is 1. The van der Waals surface area contributed by atoms with Crippen molar-refractivity contribution < 1.29 is 9.47 Å². The molecule has 0 amide bonds. The summed E-state index contributed by atoms with van der Waals surface area (Å²) in [6.45, 7) is 4.91. The highest BCUT2D eigenvalue weighted by molar-refractivity contribution is 5.47. The summed E-state index contributed by atoms with van der Waals surface area (Å²) in [5, 5.41) is 3.21. The molecular formula is C13H21NO2. The molecule has 90 valence electrons. The quantitative estimate of drug-likeness (QED) is 0.804. The number of rotatable bonds is 6. The molecule has 0 aliphatic heterocycles. The number of ether oxygens (including phenoxy) is 2. The van der Waals surface area contributed by atoms with Crippen molar-refractivity contribution in [3.63, 3.8) is 0 Å². The van der Waals surface area contributed by atoms with Crippen LogP contribution >= 0.6 is 0 Å². The normalized spacial score (nSPS) is 12.2. The van der Waals surface area contributed by atoms with Crippen LogP contribution in [0.1, 0.15) is 31.9 Å². The van der Waals surface area contributed by atoms with Crippen LogP contribution < -0.4 is 14.8 Å². The van der Waals surface area contributed by atoms with Crippen LogP contribution in [0.3, 0.4) is 0 Å². The molecule has 1 aromatic rings. The third-order valence-corrected chi connectivity index (χ3v) is 2.58. The topological polar surface area (TPSA) is 30.5 Å². The van der Waals surface area contributed by atoms with Crippen LogP contribution in [0.25, 0.3) is 0 Å². The summed E-state index contributed by atoms with van der Waals surface area (Å²) in [5.74, 6) is 1.65. The van der Waals surface area contributed by atoms with Gasteiger partial charge in [-0.05, 0) is 26.5 Å². The van der Waals surface area contributed by atoms with E-state index >= 15 is 0 Å². The molecular weight excluding hydrogens is 202 g/mol. The Hall–Kier alpha value is -1.22. The van der Waals surface area contributed by atoms with Gasteiger partial charge in [0, 0.05) is 11.6 Å². The van der Waals surface area contributed by atoms with Crippen LogP contribution in [0.4, 0.5) is 0 Å². The standard InChI is InChI=1S/C13H21NO2/c1-5-9-16-13-11(10(2)14-3)7-6-8-12(13)15-4/h6-8,10,14H,5,9H2,1-4H3. The zero-order valence-electron chi connectivity index (χ0n) is 10.5. The van der Waals surface area contributed by atoms with E-state index in [1.807, 2.05) is 19.2 Å². The summed E-state index contributed by atoms with van der Waals surface area (Å²) < 4.78 is 11.1. The summed E-state index contributed by atoms with van der Waals surface area (Å²) in [6.07, 6.45) is 0.991. The fourth-order valence-electron chi connectivity index (χ4n) is 1.55. The zero-order valence-corrected chi connectivity index (χ0v) is 10.5. The van der Waals surface area contributed by atoms with Crippen molar-refractivity contribution in [1.29, 1.82) is 0 Å². The van der Waals surface area contributed by atoms with Gasteiger partial charge < -0.3 is 14.8 Å². The van der Waals surface area contributed by atoms with Gasteiger partial charge in [0.1, 0.15) is 0 Å². The first-order chi connectivity index (χ1) is 7.74. The fourth-order valence-corrected chi connectivity index (χ4v) is 1.55. The minimum absolute atomic E-state index is 0.252. The Bertz CT molecular complexity index is 326. The van der Waals surface area contributed by atoms with Gasteiger partial charge in [-0.1, -0.05) is 19.1 Å². The van der Waals surface area contributed by atoms with Crippen molar-refractivity contribution in [2.45, 2.75) is 26.3 Å². The average Bonchev–Trinajstić information content (AvgIpc) is 2.34. The lowest BCUT2D eigenvalue weighted by Gasteiger charge is -2.18. The van der Waals surface area contributed by atoms with Gasteiger partial charge in [0.15, 0.2) is 11.5 Å². The Morgan fingerprint density at radius 3 is 2.69 bits per heavy atom. The minimum Gasteiger partial charge on any atom is -0.493 e. The summed E-state index contributed by atoms with van der Waals surface area (Å²) >= 11 is 0. The molecule has 0 aliphatic carbocycles. The molecule has 0 saturated heterocycles. The van der Waals surface area contributed by atoms with E-state index < -0.39 is 0 Å². The highest BCUT2D eigenvalue weighted by Crippen LogP contribution is 2.34. The van der Waals surface area contributed by atoms with Crippen molar-refractivity contribution in [2.24, 2.45) is 0 Å². The summed E-state index contributed by atoms with van der Waals surface area (Å²) in [7, 11) is 3.61. The second-order valence-corrected chi connectivity index (χ2v) is 3.74. The van der Waals surface area contributed by atoms with Crippen LogP contribution in [-0.4, -0.2) is 20.8 Å². The number of hydrogen-bond acceptors (Lipinski definition) is 3. The van der Waals surface area contributed by atoms with Crippen molar-refractivity contribution in [1.82, 2.24) is 5.32 Å². The molecule has 0 radical (unpaired) electrons. The molecule has 3 nitrogen and oxygen atoms in total. The van der Waals surface area contributed by atoms with Gasteiger partial charge in [0.05, 0.1) is 13.7 Å². The molecule has 3 heteroatoms. The number of methoxy groups -OCH3 is 1. The lowest BCUT2D eigenvalue weighted by Crippen LogP contribution is -2.14. The Morgan fingerprint density at radius 1 is 1.38 bits per heavy atom. The van der Waals surface area contributed by atoms with Gasteiger partial charge in [-0.15, -0.1) is 0 Å². The lowest BCUT2D eigenvalue weighted by atomic mass is 10.1. The van der Waals surface area contributed by atoms with Gasteiger partial charge in [0.2, 0.25) is 0 Å². The first-order valence-electron chi connectivity index (χ1n) is 5.71. The van der Waals surface area contributed by atoms with Crippen molar-refractivity contribution in [3.8, 4) is 11.5 Å². The van der Waals surface area contributed by atoms with E-state index in [4.69, 9.17) is 9.47 Å². The van der Waals surface area contributed by atoms with Crippen molar-refractivity contribution >= 4 is 0 Å². The van der Waals surface area contributed by atoms with Crippen molar-refractivity contribution in [2.75, 3.05) is 20.8 Å². The first-order valence-corrected chi connectivity index (χ1v) is 5.71. The molecule has 1 N–H and O–H groups in total. The third-order valence-electron chi connectivity index (χ3n) is 2.58. The monoisotopic (exact) mass is 223 g/mol. The molecule has 0 bridgehead atoms. The average molecular weight is 223 g/mol. The van der Waals surface area contributed by atoms with Gasteiger partial charge in [-0.25, -0.2) is 0 Å². The number of hydrogen-bond donors (Lipinski definition) is 1. The predicted octanol–water partition coefficient (Wildman–Crippen LogP) is 2.76. The smallest absolute Gasteiger partial charge is 0.165 e. The van der Waals surface area contributed by atoms with E-state index in [1.165, 1.54) is 0 Å². The Morgan fingerprint density at radius 2 is 2.12 bits per heavy atom. The number of nitrogens with one attached hydrogen (secondary N) is 1. The van der Waals surface area contributed by atoms with E-state index in [0.29, 0.717) is 6.61 Å². The molecule has 1 atom stereocenters. The minimum atomic E-state index is 0.252. The van der Waals surface area contributed by atoms with Gasteiger partial charge in [-0.2, -0.15) is 0 Å². The summed E-state index contributed by atoms with van der Waals surface area (Å²) in [6, 6.07) is 6.23. The maximum atomic E-state index is 5.77. The van der Waals surface area contributed by atoms with Crippen LogP contribution in [0.2, 0.25) is 0 Å². The SMILES string of the molecule is CCCOc1c(OC)cccc1C(C)NC. The summed E-state index contributed by atoms with van der Waals surface area (Å²) in [5.41, 5.74) is 1.13. The van der Waals surface area contributed by atoms with Crippen LogP contribution in [0.5, 0.6) is 11.5 Å². The molecule has 1 rings (SSSR count). The highest BCUT2D eigenvalue weighted by atomic mass is 16.5. The molecule has 1 unspecified atom stereocenters. The van der Waals surface area contributed by atoms with Crippen LogP contribution in [-0.2, 0) is 0 Å². The fraction of sp³-hybridized carbons (Fsp3) is 0.538. The highest BCUT2D eigenvalue weighted by Gasteiger charge is 2.14. The first kappa shape index (κ1) is 12.8. The van der Waals surface area contributed by atoms with Crippen LogP contribution in [0.15, 0.2) is 18.2 Å². The molecule has 16 heavy (non-hydrogen) atoms. The van der Waals surface area contributed by atoms with Gasteiger partial charge in [-0.3, -0.25) is 0 Å². The second-order valence-electron chi connectivity index (χ2n) is 3.74. The molecule has 0 aliphatic rings. The largest absolute Gasteiger partial charge is 0.493 e. The molecule has 1 aromatic carbocycles. The molecule has 0 saturated carbocycles. The van der Waals surface area contributed by atoms with E-state index in [9.17, 15) is 0 Å². The summed E-state index contributed by atoms with van der Waals surface area (Å²) in [4.78, 5) is 0. The Kier molecular flexibility index (Phi) is 5.12. The van der Waals surface area contributed by atoms with Gasteiger partial charge >= 0.3 is 0 Å². The maximum absolute atomic E-state index is 5.77. The number of para-hydroxylation sites is 1. The molecule has 0 heterocycles. The maximum Gasteiger partial charge on any atom is 0.165 e. The lowest BCUT2D eigenvalue weighted by molar-refractivity contribution is 0.289. The molecule has 0 spiro atoms. The van der Waals surface area contributed by atoms with E-state index in [2.05, 4.69) is 25.2 Å². The predicted molar refractivity (Wildman–Crippen MR) is 66.3 cm³/mol. The Labute approximate surface area is 97.8 Å². The molecule has 0 fully saturated rings. The van der Waals surface area contributed by atoms with E-state index in [0.717, 1.165) is 23.5 Å². The van der Waals surface area contributed by atoms with Crippen molar-refractivity contribution in [3.05, 3.63) is 23.8 Å². The van der Waals surface area contributed by atoms with E-state index in [1.54, 1.807) is 7.11 Å². The Balaban J connectivity index is 3.04. The van der Waals surface area contributed by atoms with E-state index in [-0.39, 0.29) is 6.04 Å². The third kappa shape index (κ3) is 2.89. The van der Waals surface area contributed by atoms with Crippen LogP contribution in [0, 0.1) is 0 Å². The van der Waals surface area contributed by atoms with Gasteiger partial charge in [0.25, 0.3) is 0 Å². The molecule has 0 aromatic heterocycles. The zero-order chi connectivity index (χ0) is 12.0.